The van der Waals surface area contributed by atoms with Crippen LogP contribution in [0.1, 0.15) is 26.2 Å². The molecule has 0 aliphatic heterocycles. The van der Waals surface area contributed by atoms with E-state index in [1.165, 1.54) is 6.07 Å². The molecule has 0 fully saturated rings. The van der Waals surface area contributed by atoms with E-state index in [4.69, 9.17) is 5.73 Å². The number of nitro benzene ring substituents is 1. The molecule has 1 atom stereocenters. The molecular weight excluding hydrogens is 253 g/mol. The summed E-state index contributed by atoms with van der Waals surface area (Å²) in [4.78, 5) is 21.2. The Kier molecular flexibility index (Phi) is 5.37. The summed E-state index contributed by atoms with van der Waals surface area (Å²) in [5.74, 6) is -1.16. The van der Waals surface area contributed by atoms with Crippen LogP contribution in [0, 0.1) is 15.9 Å². The zero-order valence-electron chi connectivity index (χ0n) is 10.6. The number of nitrogens with one attached hydrogen (secondary N) is 1. The van der Waals surface area contributed by atoms with Crippen LogP contribution in [-0.4, -0.2) is 16.9 Å². The van der Waals surface area contributed by atoms with Crippen molar-refractivity contribution in [1.29, 1.82) is 0 Å². The van der Waals surface area contributed by atoms with Gasteiger partial charge in [0.25, 0.3) is 5.69 Å². The number of hydrogen-bond acceptors (Lipinski definition) is 4. The van der Waals surface area contributed by atoms with Crippen LogP contribution in [0.15, 0.2) is 18.2 Å². The first-order valence-electron chi connectivity index (χ1n) is 5.89. The molecule has 104 valence electrons. The van der Waals surface area contributed by atoms with Crippen molar-refractivity contribution < 1.29 is 14.1 Å². The number of amides is 1. The third kappa shape index (κ3) is 5.01. The van der Waals surface area contributed by atoms with Crippen molar-refractivity contribution in [3.63, 3.8) is 0 Å². The van der Waals surface area contributed by atoms with E-state index in [-0.39, 0.29) is 29.7 Å². The summed E-state index contributed by atoms with van der Waals surface area (Å²) in [5.41, 5.74) is 5.13. The number of rotatable bonds is 6. The molecule has 1 rings (SSSR count). The molecule has 3 N–H and O–H groups in total. The third-order valence-electron chi connectivity index (χ3n) is 2.50. The lowest BCUT2D eigenvalue weighted by atomic mass is 10.1. The van der Waals surface area contributed by atoms with Crippen LogP contribution in [0.2, 0.25) is 0 Å². The Bertz CT molecular complexity index is 477. The van der Waals surface area contributed by atoms with E-state index in [1.54, 1.807) is 0 Å². The summed E-state index contributed by atoms with van der Waals surface area (Å²) in [6.07, 6.45) is 1.55. The van der Waals surface area contributed by atoms with E-state index in [2.05, 4.69) is 5.32 Å². The second-order valence-electron chi connectivity index (χ2n) is 4.34. The molecule has 6 nitrogen and oxygen atoms in total. The van der Waals surface area contributed by atoms with Crippen molar-refractivity contribution in [1.82, 2.24) is 0 Å². The number of benzene rings is 1. The summed E-state index contributed by atoms with van der Waals surface area (Å²) in [6, 6.07) is 3.11. The van der Waals surface area contributed by atoms with E-state index in [0.29, 0.717) is 12.8 Å². The molecule has 1 unspecified atom stereocenters. The average Bonchev–Trinajstić information content (AvgIpc) is 2.31. The van der Waals surface area contributed by atoms with Gasteiger partial charge in [-0.15, -0.1) is 0 Å². The van der Waals surface area contributed by atoms with Gasteiger partial charge in [0.05, 0.1) is 16.7 Å². The van der Waals surface area contributed by atoms with Crippen molar-refractivity contribution in [2.75, 3.05) is 5.32 Å². The Balaban J connectivity index is 2.57. The molecule has 0 aliphatic carbocycles. The van der Waals surface area contributed by atoms with Crippen LogP contribution in [0.3, 0.4) is 0 Å². The molecule has 0 radical (unpaired) electrons. The molecule has 1 aromatic rings. The van der Waals surface area contributed by atoms with Gasteiger partial charge in [0.1, 0.15) is 0 Å². The van der Waals surface area contributed by atoms with E-state index >= 15 is 0 Å². The molecule has 0 spiro atoms. The van der Waals surface area contributed by atoms with Gasteiger partial charge in [-0.1, -0.05) is 0 Å². The second-order valence-corrected chi connectivity index (χ2v) is 4.34. The van der Waals surface area contributed by atoms with E-state index in [1.807, 2.05) is 6.92 Å². The van der Waals surface area contributed by atoms with Gasteiger partial charge in [-0.25, -0.2) is 4.39 Å². The van der Waals surface area contributed by atoms with Crippen LogP contribution in [-0.2, 0) is 4.79 Å². The number of carbonyl (C=O) groups is 1. The summed E-state index contributed by atoms with van der Waals surface area (Å²) >= 11 is 0. The zero-order valence-corrected chi connectivity index (χ0v) is 10.6. The van der Waals surface area contributed by atoms with E-state index < -0.39 is 10.7 Å². The normalized spacial score (nSPS) is 11.9. The highest BCUT2D eigenvalue weighted by atomic mass is 19.1. The molecule has 0 saturated heterocycles. The molecule has 7 heteroatoms. The lowest BCUT2D eigenvalue weighted by Crippen LogP contribution is -2.17. The number of anilines is 1. The van der Waals surface area contributed by atoms with Gasteiger partial charge >= 0.3 is 0 Å². The van der Waals surface area contributed by atoms with Crippen molar-refractivity contribution in [2.45, 2.75) is 32.2 Å². The topological polar surface area (TPSA) is 98.3 Å². The Labute approximate surface area is 109 Å². The van der Waals surface area contributed by atoms with Gasteiger partial charge < -0.3 is 11.1 Å². The first-order valence-corrected chi connectivity index (χ1v) is 5.89. The first kappa shape index (κ1) is 15.0. The van der Waals surface area contributed by atoms with E-state index in [0.717, 1.165) is 12.1 Å². The standard InChI is InChI=1S/C12H16FN3O3/c1-8(14)3-2-4-12(17)15-11-6-5-9(16(18)19)7-10(11)13/h5-8H,2-4,14H2,1H3,(H,15,17). The fourth-order valence-electron chi connectivity index (χ4n) is 1.52. The lowest BCUT2D eigenvalue weighted by molar-refractivity contribution is -0.385. The SMILES string of the molecule is CC(N)CCCC(=O)Nc1ccc([N+](=O)[O-])cc1F. The highest BCUT2D eigenvalue weighted by molar-refractivity contribution is 5.90. The molecule has 0 heterocycles. The quantitative estimate of drug-likeness (QED) is 0.610. The molecule has 0 bridgehead atoms. The highest BCUT2D eigenvalue weighted by Gasteiger charge is 2.12. The van der Waals surface area contributed by atoms with Crippen LogP contribution in [0.25, 0.3) is 0 Å². The predicted molar refractivity (Wildman–Crippen MR) is 69.2 cm³/mol. The summed E-state index contributed by atoms with van der Waals surface area (Å²) in [6.45, 7) is 1.84. The number of carbonyl (C=O) groups excluding carboxylic acids is 1. The monoisotopic (exact) mass is 269 g/mol. The molecule has 0 aliphatic rings. The summed E-state index contributed by atoms with van der Waals surface area (Å²) in [5, 5.41) is 12.8. The van der Waals surface area contributed by atoms with Crippen LogP contribution < -0.4 is 11.1 Å². The summed E-state index contributed by atoms with van der Waals surface area (Å²) < 4.78 is 13.5. The number of nitrogens with zero attached hydrogens (tertiary/aromatic N) is 1. The molecular formula is C12H16FN3O3. The average molecular weight is 269 g/mol. The maximum atomic E-state index is 13.5. The lowest BCUT2D eigenvalue weighted by Gasteiger charge is -2.07. The van der Waals surface area contributed by atoms with Crippen molar-refractivity contribution in [3.05, 3.63) is 34.1 Å². The second kappa shape index (κ2) is 6.79. The van der Waals surface area contributed by atoms with Gasteiger partial charge in [0.2, 0.25) is 5.91 Å². The zero-order chi connectivity index (χ0) is 14.4. The van der Waals surface area contributed by atoms with Gasteiger partial charge in [0, 0.05) is 18.5 Å². The maximum absolute atomic E-state index is 13.5. The number of halogens is 1. The van der Waals surface area contributed by atoms with Gasteiger partial charge in [-0.3, -0.25) is 14.9 Å². The Morgan fingerprint density at radius 2 is 2.26 bits per heavy atom. The minimum absolute atomic E-state index is 0.0175. The van der Waals surface area contributed by atoms with E-state index in [9.17, 15) is 19.3 Å². The van der Waals surface area contributed by atoms with Crippen LogP contribution in [0.5, 0.6) is 0 Å². The number of hydrogen-bond donors (Lipinski definition) is 2. The molecule has 1 aromatic carbocycles. The van der Waals surface area contributed by atoms with Gasteiger partial charge in [0.15, 0.2) is 5.82 Å². The first-order chi connectivity index (χ1) is 8.90. The van der Waals surface area contributed by atoms with Crippen molar-refractivity contribution in [2.24, 2.45) is 5.73 Å². The fourth-order valence-corrected chi connectivity index (χ4v) is 1.52. The molecule has 19 heavy (non-hydrogen) atoms. The van der Waals surface area contributed by atoms with Crippen molar-refractivity contribution >= 4 is 17.3 Å². The smallest absolute Gasteiger partial charge is 0.272 e. The predicted octanol–water partition coefficient (Wildman–Crippen LogP) is 2.19. The van der Waals surface area contributed by atoms with Crippen LogP contribution >= 0.6 is 0 Å². The Morgan fingerprint density at radius 1 is 1.58 bits per heavy atom. The fraction of sp³-hybridized carbons (Fsp3) is 0.417. The number of nitro groups is 1. The number of non-ortho nitro benzene ring substituents is 1. The minimum atomic E-state index is -0.824. The van der Waals surface area contributed by atoms with Gasteiger partial charge in [-0.2, -0.15) is 0 Å². The highest BCUT2D eigenvalue weighted by Crippen LogP contribution is 2.20. The summed E-state index contributed by atoms with van der Waals surface area (Å²) in [7, 11) is 0. The van der Waals surface area contributed by atoms with Gasteiger partial charge in [-0.05, 0) is 25.8 Å². The van der Waals surface area contributed by atoms with Crippen molar-refractivity contribution in [3.8, 4) is 0 Å². The Hall–Kier alpha value is -2.02. The van der Waals surface area contributed by atoms with Crippen LogP contribution in [0.4, 0.5) is 15.8 Å². The number of nitrogens with two attached hydrogens (primary N) is 1. The maximum Gasteiger partial charge on any atom is 0.272 e. The molecule has 0 saturated carbocycles. The third-order valence-corrected chi connectivity index (χ3v) is 2.50. The molecule has 1 amide bonds. The Morgan fingerprint density at radius 3 is 2.79 bits per heavy atom. The minimum Gasteiger partial charge on any atom is -0.328 e. The largest absolute Gasteiger partial charge is 0.328 e. The molecule has 0 aromatic heterocycles.